The second kappa shape index (κ2) is 11.1. The maximum Gasteiger partial charge on any atom is 0.191 e. The molecule has 1 aromatic heterocycles. The number of hydrogen-bond donors (Lipinski definition) is 2. The molecule has 24 heavy (non-hydrogen) atoms. The average Bonchev–Trinajstić information content (AvgIpc) is 2.98. The number of nitrogens with one attached hydrogen (secondary N) is 2. The minimum atomic E-state index is 0. The van der Waals surface area contributed by atoms with E-state index in [1.165, 1.54) is 11.1 Å². The van der Waals surface area contributed by atoms with Crippen LogP contribution >= 0.6 is 24.0 Å². The standard InChI is InChI=1S/C18H27N5.HI/c1-4-15-6-8-16(9-7-15)10-12-20-18(19-5-2)21-14-17-11-13-22-23(17)3;/h6-9,11,13H,4-5,10,12,14H2,1-3H3,(H2,19,20,21);1H. The molecule has 0 aliphatic carbocycles. The van der Waals surface area contributed by atoms with Gasteiger partial charge in [-0.2, -0.15) is 5.10 Å². The molecule has 2 N–H and O–H groups in total. The van der Waals surface area contributed by atoms with Crippen molar-refractivity contribution in [3.05, 3.63) is 53.3 Å². The molecule has 1 heterocycles. The average molecular weight is 441 g/mol. The molecule has 1 aromatic carbocycles. The van der Waals surface area contributed by atoms with Gasteiger partial charge in [-0.25, -0.2) is 4.99 Å². The molecule has 0 aliphatic rings. The molecule has 132 valence electrons. The summed E-state index contributed by atoms with van der Waals surface area (Å²) in [5.74, 6) is 0.846. The van der Waals surface area contributed by atoms with E-state index in [1.54, 1.807) is 6.20 Å². The molecule has 0 aliphatic heterocycles. The first kappa shape index (κ1) is 20.5. The Hall–Kier alpha value is -1.57. The lowest BCUT2D eigenvalue weighted by molar-refractivity contribution is 0.707. The van der Waals surface area contributed by atoms with Gasteiger partial charge in [0.25, 0.3) is 0 Å². The quantitative estimate of drug-likeness (QED) is 0.395. The molecule has 5 nitrogen and oxygen atoms in total. The Balaban J connectivity index is 0.00000288. The molecule has 2 rings (SSSR count). The van der Waals surface area contributed by atoms with Crippen LogP contribution in [0.5, 0.6) is 0 Å². The van der Waals surface area contributed by atoms with Crippen LogP contribution in [-0.4, -0.2) is 28.8 Å². The van der Waals surface area contributed by atoms with Gasteiger partial charge in [-0.05, 0) is 37.0 Å². The number of rotatable bonds is 7. The number of guanidine groups is 1. The van der Waals surface area contributed by atoms with Gasteiger partial charge in [-0.1, -0.05) is 31.2 Å². The molecule has 0 spiro atoms. The van der Waals surface area contributed by atoms with Crippen LogP contribution in [0.1, 0.15) is 30.7 Å². The first-order valence-corrected chi connectivity index (χ1v) is 8.29. The Labute approximate surface area is 162 Å². The van der Waals surface area contributed by atoms with Gasteiger partial charge in [0.15, 0.2) is 5.96 Å². The van der Waals surface area contributed by atoms with Gasteiger partial charge < -0.3 is 10.6 Å². The number of benzene rings is 1. The highest BCUT2D eigenvalue weighted by atomic mass is 127. The molecule has 0 fully saturated rings. The monoisotopic (exact) mass is 441 g/mol. The molecular weight excluding hydrogens is 413 g/mol. The van der Waals surface area contributed by atoms with Gasteiger partial charge in [0.05, 0.1) is 12.2 Å². The highest BCUT2D eigenvalue weighted by molar-refractivity contribution is 14.0. The molecule has 0 radical (unpaired) electrons. The van der Waals surface area contributed by atoms with E-state index in [0.29, 0.717) is 6.54 Å². The van der Waals surface area contributed by atoms with Crippen molar-refractivity contribution in [3.63, 3.8) is 0 Å². The van der Waals surface area contributed by atoms with Crippen LogP contribution in [0.2, 0.25) is 0 Å². The Morgan fingerprint density at radius 2 is 1.79 bits per heavy atom. The van der Waals surface area contributed by atoms with Crippen molar-refractivity contribution in [2.45, 2.75) is 33.2 Å². The minimum Gasteiger partial charge on any atom is -0.357 e. The number of hydrogen-bond acceptors (Lipinski definition) is 2. The summed E-state index contributed by atoms with van der Waals surface area (Å²) in [6.45, 7) is 6.59. The maximum absolute atomic E-state index is 4.61. The summed E-state index contributed by atoms with van der Waals surface area (Å²) < 4.78 is 1.85. The van der Waals surface area contributed by atoms with Crippen molar-refractivity contribution in [2.75, 3.05) is 13.1 Å². The lowest BCUT2D eigenvalue weighted by atomic mass is 10.1. The summed E-state index contributed by atoms with van der Waals surface area (Å²) in [5, 5.41) is 10.8. The Morgan fingerprint density at radius 1 is 1.08 bits per heavy atom. The molecule has 0 saturated carbocycles. The second-order valence-electron chi connectivity index (χ2n) is 5.49. The predicted molar refractivity (Wildman–Crippen MR) is 111 cm³/mol. The summed E-state index contributed by atoms with van der Waals surface area (Å²) in [5.41, 5.74) is 3.82. The van der Waals surface area contributed by atoms with E-state index in [2.05, 4.69) is 58.8 Å². The highest BCUT2D eigenvalue weighted by Crippen LogP contribution is 2.05. The van der Waals surface area contributed by atoms with Crippen molar-refractivity contribution < 1.29 is 0 Å². The van der Waals surface area contributed by atoms with Gasteiger partial charge in [-0.15, -0.1) is 24.0 Å². The third-order valence-corrected chi connectivity index (χ3v) is 3.80. The van der Waals surface area contributed by atoms with Crippen LogP contribution in [0.25, 0.3) is 0 Å². The third-order valence-electron chi connectivity index (χ3n) is 3.80. The molecule has 0 atom stereocenters. The summed E-state index contributed by atoms with van der Waals surface area (Å²) in [6.07, 6.45) is 3.87. The fourth-order valence-corrected chi connectivity index (χ4v) is 2.33. The Bertz CT molecular complexity index is 619. The zero-order valence-electron chi connectivity index (χ0n) is 14.7. The van der Waals surface area contributed by atoms with Crippen molar-refractivity contribution in [3.8, 4) is 0 Å². The topological polar surface area (TPSA) is 54.2 Å². The molecule has 0 bridgehead atoms. The molecule has 6 heteroatoms. The van der Waals surface area contributed by atoms with Crippen LogP contribution < -0.4 is 10.6 Å². The van der Waals surface area contributed by atoms with Gasteiger partial charge in [0.2, 0.25) is 0 Å². The fraction of sp³-hybridized carbons (Fsp3) is 0.444. The zero-order valence-corrected chi connectivity index (χ0v) is 17.1. The Kier molecular flexibility index (Phi) is 9.44. The van der Waals surface area contributed by atoms with E-state index in [4.69, 9.17) is 0 Å². The minimum absolute atomic E-state index is 0. The van der Waals surface area contributed by atoms with Crippen molar-refractivity contribution in [2.24, 2.45) is 12.0 Å². The normalized spacial score (nSPS) is 11.0. The van der Waals surface area contributed by atoms with Crippen molar-refractivity contribution >= 4 is 29.9 Å². The summed E-state index contributed by atoms with van der Waals surface area (Å²) in [4.78, 5) is 4.61. The SMILES string of the molecule is CCNC(=NCc1ccnn1C)NCCc1ccc(CC)cc1.I. The van der Waals surface area contributed by atoms with E-state index >= 15 is 0 Å². The maximum atomic E-state index is 4.61. The zero-order chi connectivity index (χ0) is 16.5. The number of aryl methyl sites for hydroxylation is 2. The first-order chi connectivity index (χ1) is 11.2. The molecule has 2 aromatic rings. The molecular formula is C18H28IN5. The number of aromatic nitrogens is 2. The van der Waals surface area contributed by atoms with Crippen molar-refractivity contribution in [1.29, 1.82) is 0 Å². The van der Waals surface area contributed by atoms with E-state index in [0.717, 1.165) is 37.6 Å². The van der Waals surface area contributed by atoms with Crippen LogP contribution in [-0.2, 0) is 26.4 Å². The smallest absolute Gasteiger partial charge is 0.191 e. The molecule has 0 saturated heterocycles. The second-order valence-corrected chi connectivity index (χ2v) is 5.49. The fourth-order valence-electron chi connectivity index (χ4n) is 2.33. The first-order valence-electron chi connectivity index (χ1n) is 8.29. The Morgan fingerprint density at radius 3 is 2.38 bits per heavy atom. The molecule has 0 amide bonds. The summed E-state index contributed by atoms with van der Waals surface area (Å²) in [7, 11) is 1.94. The summed E-state index contributed by atoms with van der Waals surface area (Å²) in [6, 6.07) is 10.8. The lowest BCUT2D eigenvalue weighted by Gasteiger charge is -2.11. The molecule has 0 unspecified atom stereocenters. The largest absolute Gasteiger partial charge is 0.357 e. The van der Waals surface area contributed by atoms with Gasteiger partial charge in [0.1, 0.15) is 0 Å². The van der Waals surface area contributed by atoms with Crippen LogP contribution in [0.3, 0.4) is 0 Å². The number of aliphatic imine (C=N–C) groups is 1. The van der Waals surface area contributed by atoms with Gasteiger partial charge >= 0.3 is 0 Å². The summed E-state index contributed by atoms with van der Waals surface area (Å²) >= 11 is 0. The lowest BCUT2D eigenvalue weighted by Crippen LogP contribution is -2.38. The van der Waals surface area contributed by atoms with Gasteiger partial charge in [0, 0.05) is 26.3 Å². The van der Waals surface area contributed by atoms with Crippen molar-refractivity contribution in [1.82, 2.24) is 20.4 Å². The van der Waals surface area contributed by atoms with Crippen LogP contribution in [0.15, 0.2) is 41.5 Å². The van der Waals surface area contributed by atoms with E-state index in [-0.39, 0.29) is 24.0 Å². The predicted octanol–water partition coefficient (Wildman–Crippen LogP) is 2.90. The van der Waals surface area contributed by atoms with E-state index in [1.807, 2.05) is 17.8 Å². The number of halogens is 1. The third kappa shape index (κ3) is 6.51. The highest BCUT2D eigenvalue weighted by Gasteiger charge is 2.00. The number of nitrogens with zero attached hydrogens (tertiary/aromatic N) is 3. The van der Waals surface area contributed by atoms with E-state index in [9.17, 15) is 0 Å². The van der Waals surface area contributed by atoms with Crippen LogP contribution in [0.4, 0.5) is 0 Å². The van der Waals surface area contributed by atoms with Crippen LogP contribution in [0, 0.1) is 0 Å². The van der Waals surface area contributed by atoms with Gasteiger partial charge in [-0.3, -0.25) is 4.68 Å². The van der Waals surface area contributed by atoms with E-state index < -0.39 is 0 Å².